The first kappa shape index (κ1) is 30.5. The Bertz CT molecular complexity index is 1090. The standard InChI is InChI=1S/C30H41NO8/c1-2-7-19(14-20-8-6-9-22(34)15-20)11-12-25(35)27-21(17-32)16-23-28(24(27)18-33)30(39)31(29(23)38)13-5-3-4-10-26(36)37/h6,8-9,14-15,23-25,28,32-35H,2-5,7,10-13,16-18H2,1H3,(H,36,37)/b19-14+/t23-,24+,25-,28-/m1/s1. The second-order valence-corrected chi connectivity index (χ2v) is 10.6. The molecule has 4 atom stereocenters. The number of rotatable bonds is 15. The monoisotopic (exact) mass is 543 g/mol. The van der Waals surface area contributed by atoms with Crippen molar-refractivity contribution in [3.63, 3.8) is 0 Å². The van der Waals surface area contributed by atoms with Gasteiger partial charge >= 0.3 is 5.97 Å². The van der Waals surface area contributed by atoms with Gasteiger partial charge in [-0.15, -0.1) is 0 Å². The number of carbonyl (C=O) groups excluding carboxylic acids is 2. The summed E-state index contributed by atoms with van der Waals surface area (Å²) in [5, 5.41) is 50.3. The molecule has 1 aliphatic carbocycles. The molecule has 214 valence electrons. The molecule has 1 saturated heterocycles. The number of carboxylic acids is 1. The normalized spacial score (nSPS) is 22.4. The van der Waals surface area contributed by atoms with E-state index < -0.39 is 36.4 Å². The van der Waals surface area contributed by atoms with Gasteiger partial charge in [0.05, 0.1) is 31.2 Å². The summed E-state index contributed by atoms with van der Waals surface area (Å²) in [5.41, 5.74) is 2.90. The quantitative estimate of drug-likeness (QED) is 0.128. The minimum atomic E-state index is -0.998. The van der Waals surface area contributed by atoms with Crippen LogP contribution in [-0.4, -0.2) is 74.1 Å². The van der Waals surface area contributed by atoms with Gasteiger partial charge in [0.25, 0.3) is 0 Å². The number of unbranched alkanes of at least 4 members (excludes halogenated alkanes) is 2. The van der Waals surface area contributed by atoms with Crippen LogP contribution in [0, 0.1) is 17.8 Å². The highest BCUT2D eigenvalue weighted by atomic mass is 16.4. The number of hydrogen-bond donors (Lipinski definition) is 5. The van der Waals surface area contributed by atoms with E-state index in [9.17, 15) is 34.8 Å². The summed E-state index contributed by atoms with van der Waals surface area (Å²) in [6, 6.07) is 6.93. The van der Waals surface area contributed by atoms with E-state index in [1.807, 2.05) is 12.1 Å². The predicted octanol–water partition coefficient (Wildman–Crippen LogP) is 3.26. The van der Waals surface area contributed by atoms with Gasteiger partial charge in [0, 0.05) is 18.9 Å². The largest absolute Gasteiger partial charge is 0.508 e. The van der Waals surface area contributed by atoms with Crippen molar-refractivity contribution < 1.29 is 39.9 Å². The second kappa shape index (κ2) is 14.4. The molecule has 3 rings (SSSR count). The van der Waals surface area contributed by atoms with Crippen molar-refractivity contribution >= 4 is 23.9 Å². The van der Waals surface area contributed by atoms with Crippen LogP contribution in [0.15, 0.2) is 41.0 Å². The van der Waals surface area contributed by atoms with Crippen molar-refractivity contribution in [1.29, 1.82) is 0 Å². The maximum atomic E-state index is 13.3. The Hall–Kier alpha value is -3.01. The van der Waals surface area contributed by atoms with Gasteiger partial charge in [-0.1, -0.05) is 43.5 Å². The lowest BCUT2D eigenvalue weighted by Crippen LogP contribution is -2.39. The minimum Gasteiger partial charge on any atom is -0.508 e. The van der Waals surface area contributed by atoms with E-state index in [1.165, 1.54) is 4.90 Å². The summed E-state index contributed by atoms with van der Waals surface area (Å²) in [6.07, 6.45) is 5.30. The molecule has 1 aromatic rings. The number of allylic oxidation sites excluding steroid dienone is 1. The molecule has 2 aliphatic rings. The van der Waals surface area contributed by atoms with E-state index in [1.54, 1.807) is 18.2 Å². The lowest BCUT2D eigenvalue weighted by Gasteiger charge is -2.36. The van der Waals surface area contributed by atoms with Crippen molar-refractivity contribution in [2.75, 3.05) is 19.8 Å². The topological polar surface area (TPSA) is 156 Å². The third-order valence-corrected chi connectivity index (χ3v) is 7.85. The number of benzene rings is 1. The van der Waals surface area contributed by atoms with Gasteiger partial charge in [-0.05, 0) is 67.4 Å². The number of imide groups is 1. The number of likely N-dealkylation sites (tertiary alicyclic amines) is 1. The Balaban J connectivity index is 1.74. The fraction of sp³-hybridized carbons (Fsp3) is 0.567. The number of carboxylic acid groups (broad SMARTS) is 1. The fourth-order valence-corrected chi connectivity index (χ4v) is 6.03. The van der Waals surface area contributed by atoms with E-state index >= 15 is 0 Å². The molecule has 0 radical (unpaired) electrons. The molecule has 0 unspecified atom stereocenters. The van der Waals surface area contributed by atoms with E-state index in [2.05, 4.69) is 6.92 Å². The first-order chi connectivity index (χ1) is 18.7. The number of nitrogens with zero attached hydrogens (tertiary/aromatic N) is 1. The van der Waals surface area contributed by atoms with Crippen molar-refractivity contribution in [2.24, 2.45) is 17.8 Å². The Morgan fingerprint density at radius 2 is 1.87 bits per heavy atom. The third-order valence-electron chi connectivity index (χ3n) is 7.85. The Labute approximate surface area is 229 Å². The number of aliphatic hydroxyl groups is 3. The van der Waals surface area contributed by atoms with Gasteiger partial charge in [0.15, 0.2) is 0 Å². The van der Waals surface area contributed by atoms with Crippen LogP contribution >= 0.6 is 0 Å². The Morgan fingerprint density at radius 1 is 1.10 bits per heavy atom. The van der Waals surface area contributed by atoms with E-state index in [4.69, 9.17) is 5.11 Å². The summed E-state index contributed by atoms with van der Waals surface area (Å²) < 4.78 is 0. The van der Waals surface area contributed by atoms with Crippen LogP contribution in [0.5, 0.6) is 5.75 Å². The van der Waals surface area contributed by atoms with E-state index in [-0.39, 0.29) is 43.6 Å². The summed E-state index contributed by atoms with van der Waals surface area (Å²) in [5.74, 6) is -3.66. The molecule has 0 bridgehead atoms. The molecule has 1 aromatic carbocycles. The number of hydrogen-bond acceptors (Lipinski definition) is 7. The van der Waals surface area contributed by atoms with Crippen LogP contribution in [0.25, 0.3) is 6.08 Å². The Kier molecular flexibility index (Phi) is 11.3. The van der Waals surface area contributed by atoms with Gasteiger partial charge in [0.1, 0.15) is 5.75 Å². The molecule has 2 amide bonds. The van der Waals surface area contributed by atoms with Gasteiger partial charge in [0.2, 0.25) is 11.8 Å². The predicted molar refractivity (Wildman–Crippen MR) is 145 cm³/mol. The van der Waals surface area contributed by atoms with Gasteiger partial charge in [-0.3, -0.25) is 19.3 Å². The van der Waals surface area contributed by atoms with Crippen LogP contribution in [0.1, 0.15) is 70.3 Å². The van der Waals surface area contributed by atoms with E-state index in [0.717, 1.165) is 24.0 Å². The molecule has 1 fully saturated rings. The fourth-order valence-electron chi connectivity index (χ4n) is 6.03. The Morgan fingerprint density at radius 3 is 2.51 bits per heavy atom. The number of aliphatic hydroxyl groups excluding tert-OH is 3. The molecule has 0 spiro atoms. The minimum absolute atomic E-state index is 0.0355. The zero-order chi connectivity index (χ0) is 28.5. The maximum absolute atomic E-state index is 13.3. The average Bonchev–Trinajstić information content (AvgIpc) is 3.14. The first-order valence-electron chi connectivity index (χ1n) is 13.9. The smallest absolute Gasteiger partial charge is 0.303 e. The molecular weight excluding hydrogens is 502 g/mol. The van der Waals surface area contributed by atoms with Gasteiger partial charge in [-0.2, -0.15) is 0 Å². The van der Waals surface area contributed by atoms with Crippen LogP contribution in [0.3, 0.4) is 0 Å². The molecule has 1 heterocycles. The number of aromatic hydroxyl groups is 1. The molecule has 39 heavy (non-hydrogen) atoms. The van der Waals surface area contributed by atoms with Crippen LogP contribution in [0.4, 0.5) is 0 Å². The van der Waals surface area contributed by atoms with Crippen LogP contribution in [-0.2, 0) is 14.4 Å². The van der Waals surface area contributed by atoms with Gasteiger partial charge < -0.3 is 25.5 Å². The summed E-state index contributed by atoms with van der Waals surface area (Å²) >= 11 is 0. The molecule has 1 aliphatic heterocycles. The van der Waals surface area contributed by atoms with Crippen molar-refractivity contribution in [3.8, 4) is 5.75 Å². The van der Waals surface area contributed by atoms with Crippen molar-refractivity contribution in [1.82, 2.24) is 4.90 Å². The SMILES string of the molecule is CCC/C(=C\c1cccc(O)c1)CC[C@@H](O)C1=C(CO)C[C@H]2C(=O)N(CCCCCC(=O)O)C(=O)[C@H]2[C@H]1CO. The van der Waals surface area contributed by atoms with Crippen LogP contribution < -0.4 is 0 Å². The molecular formula is C30H41NO8. The zero-order valence-electron chi connectivity index (χ0n) is 22.6. The summed E-state index contributed by atoms with van der Waals surface area (Å²) in [4.78, 5) is 38.4. The lowest BCUT2D eigenvalue weighted by molar-refractivity contribution is -0.141. The van der Waals surface area contributed by atoms with Crippen LogP contribution in [0.2, 0.25) is 0 Å². The second-order valence-electron chi connectivity index (χ2n) is 10.6. The van der Waals surface area contributed by atoms with Crippen molar-refractivity contribution in [3.05, 3.63) is 46.5 Å². The highest BCUT2D eigenvalue weighted by molar-refractivity contribution is 6.05. The average molecular weight is 544 g/mol. The lowest BCUT2D eigenvalue weighted by atomic mass is 9.68. The molecule has 9 nitrogen and oxygen atoms in total. The van der Waals surface area contributed by atoms with E-state index in [0.29, 0.717) is 43.3 Å². The van der Waals surface area contributed by atoms with Gasteiger partial charge in [-0.25, -0.2) is 0 Å². The highest BCUT2D eigenvalue weighted by Crippen LogP contribution is 2.46. The summed E-state index contributed by atoms with van der Waals surface area (Å²) in [7, 11) is 0. The molecule has 0 aromatic heterocycles. The number of phenolic OH excluding ortho intramolecular Hbond substituents is 1. The number of amides is 2. The first-order valence-corrected chi connectivity index (χ1v) is 13.9. The number of fused-ring (bicyclic) bond motifs is 1. The van der Waals surface area contributed by atoms with Crippen molar-refractivity contribution in [2.45, 2.75) is 70.8 Å². The number of carbonyl (C=O) groups is 3. The molecule has 9 heteroatoms. The molecule has 5 N–H and O–H groups in total. The summed E-state index contributed by atoms with van der Waals surface area (Å²) in [6.45, 7) is 1.45. The molecule has 0 saturated carbocycles. The zero-order valence-corrected chi connectivity index (χ0v) is 22.6. The third kappa shape index (κ3) is 7.56. The number of aliphatic carboxylic acids is 1. The highest BCUT2D eigenvalue weighted by Gasteiger charge is 2.54. The maximum Gasteiger partial charge on any atom is 0.303 e. The number of phenols is 1.